The van der Waals surface area contributed by atoms with E-state index < -0.39 is 5.82 Å². The van der Waals surface area contributed by atoms with Crippen molar-refractivity contribution in [1.29, 1.82) is 0 Å². The summed E-state index contributed by atoms with van der Waals surface area (Å²) in [7, 11) is 0. The minimum Gasteiger partial charge on any atom is -0.457 e. The number of rotatable bonds is 4. The van der Waals surface area contributed by atoms with Crippen LogP contribution in [0.1, 0.15) is 15.9 Å². The van der Waals surface area contributed by atoms with Crippen molar-refractivity contribution < 1.29 is 13.9 Å². The Morgan fingerprint density at radius 3 is 2.17 bits per heavy atom. The van der Waals surface area contributed by atoms with Crippen LogP contribution in [0, 0.1) is 5.82 Å². The molecule has 0 unspecified atom stereocenters. The van der Waals surface area contributed by atoms with Crippen LogP contribution < -0.4 is 4.74 Å². The number of halogens is 2. The largest absolute Gasteiger partial charge is 0.457 e. The van der Waals surface area contributed by atoms with E-state index in [4.69, 9.17) is 16.3 Å². The van der Waals surface area contributed by atoms with Gasteiger partial charge in [-0.25, -0.2) is 4.39 Å². The van der Waals surface area contributed by atoms with Gasteiger partial charge in [0.15, 0.2) is 5.78 Å². The summed E-state index contributed by atoms with van der Waals surface area (Å²) in [6, 6.07) is 20.1. The maximum Gasteiger partial charge on any atom is 0.194 e. The van der Waals surface area contributed by atoms with Crippen LogP contribution in [-0.4, -0.2) is 5.78 Å². The average molecular weight is 327 g/mol. The average Bonchev–Trinajstić information content (AvgIpc) is 2.58. The van der Waals surface area contributed by atoms with Gasteiger partial charge in [-0.3, -0.25) is 4.79 Å². The molecule has 0 radical (unpaired) electrons. The first-order valence-electron chi connectivity index (χ1n) is 6.97. The van der Waals surface area contributed by atoms with E-state index in [1.807, 2.05) is 30.3 Å². The number of hydrogen-bond donors (Lipinski definition) is 0. The highest BCUT2D eigenvalue weighted by Crippen LogP contribution is 2.25. The summed E-state index contributed by atoms with van der Waals surface area (Å²) >= 11 is 5.86. The van der Waals surface area contributed by atoms with Gasteiger partial charge in [0, 0.05) is 11.1 Å². The van der Waals surface area contributed by atoms with Crippen LogP contribution in [0.3, 0.4) is 0 Å². The summed E-state index contributed by atoms with van der Waals surface area (Å²) in [5.74, 6) is 0.375. The molecule has 0 heterocycles. The fraction of sp³-hybridized carbons (Fsp3) is 0. The number of para-hydroxylation sites is 1. The molecule has 4 heteroatoms. The Kier molecular flexibility index (Phi) is 4.40. The molecule has 0 saturated heterocycles. The zero-order valence-electron chi connectivity index (χ0n) is 12.0. The lowest BCUT2D eigenvalue weighted by molar-refractivity contribution is 0.103. The van der Waals surface area contributed by atoms with Gasteiger partial charge in [0.05, 0.1) is 5.02 Å². The molecule has 0 aromatic heterocycles. The van der Waals surface area contributed by atoms with Crippen LogP contribution in [0.5, 0.6) is 11.5 Å². The fourth-order valence-electron chi connectivity index (χ4n) is 2.13. The van der Waals surface area contributed by atoms with Crippen LogP contribution in [-0.2, 0) is 0 Å². The number of hydrogen-bond acceptors (Lipinski definition) is 2. The van der Waals surface area contributed by atoms with Gasteiger partial charge in [0.2, 0.25) is 0 Å². The highest BCUT2D eigenvalue weighted by Gasteiger charge is 2.15. The lowest BCUT2D eigenvalue weighted by atomic mass is 10.0. The SMILES string of the molecule is O=C(c1ccc(Oc2ccccc2)cc1)c1cccc(F)c1Cl. The first-order chi connectivity index (χ1) is 11.1. The lowest BCUT2D eigenvalue weighted by Gasteiger charge is -2.07. The predicted octanol–water partition coefficient (Wildman–Crippen LogP) is 5.50. The molecule has 23 heavy (non-hydrogen) atoms. The molecule has 3 aromatic rings. The summed E-state index contributed by atoms with van der Waals surface area (Å²) in [5, 5.41) is -0.165. The summed E-state index contributed by atoms with van der Waals surface area (Å²) < 4.78 is 19.1. The van der Waals surface area contributed by atoms with E-state index in [2.05, 4.69) is 0 Å². The second kappa shape index (κ2) is 6.63. The topological polar surface area (TPSA) is 26.3 Å². The van der Waals surface area contributed by atoms with Gasteiger partial charge in [-0.15, -0.1) is 0 Å². The van der Waals surface area contributed by atoms with E-state index in [9.17, 15) is 9.18 Å². The third-order valence-electron chi connectivity index (χ3n) is 3.29. The molecule has 0 saturated carbocycles. The van der Waals surface area contributed by atoms with Crippen molar-refractivity contribution in [3.05, 3.63) is 94.8 Å². The number of carbonyl (C=O) groups is 1. The number of benzene rings is 3. The Bertz CT molecular complexity index is 830. The number of ether oxygens (including phenoxy) is 1. The molecule has 0 spiro atoms. The molecular weight excluding hydrogens is 315 g/mol. The van der Waals surface area contributed by atoms with E-state index in [0.717, 1.165) is 0 Å². The molecule has 0 atom stereocenters. The fourth-order valence-corrected chi connectivity index (χ4v) is 2.35. The Morgan fingerprint density at radius 2 is 1.48 bits per heavy atom. The van der Waals surface area contributed by atoms with Crippen molar-refractivity contribution in [3.63, 3.8) is 0 Å². The van der Waals surface area contributed by atoms with Gasteiger partial charge in [-0.2, -0.15) is 0 Å². The Labute approximate surface area is 138 Å². The Hall–Kier alpha value is -2.65. The summed E-state index contributed by atoms with van der Waals surface area (Å²) in [6.45, 7) is 0. The lowest BCUT2D eigenvalue weighted by Crippen LogP contribution is -2.03. The van der Waals surface area contributed by atoms with E-state index in [-0.39, 0.29) is 16.4 Å². The van der Waals surface area contributed by atoms with Gasteiger partial charge >= 0.3 is 0 Å². The van der Waals surface area contributed by atoms with Crippen LogP contribution in [0.2, 0.25) is 5.02 Å². The quantitative estimate of drug-likeness (QED) is 0.591. The molecule has 0 aliphatic carbocycles. The van der Waals surface area contributed by atoms with Crippen LogP contribution >= 0.6 is 11.6 Å². The molecule has 0 fully saturated rings. The smallest absolute Gasteiger partial charge is 0.194 e. The molecule has 0 amide bonds. The van der Waals surface area contributed by atoms with Crippen LogP contribution in [0.25, 0.3) is 0 Å². The molecule has 114 valence electrons. The third kappa shape index (κ3) is 3.41. The third-order valence-corrected chi connectivity index (χ3v) is 3.68. The standard InChI is InChI=1S/C19H12ClFO2/c20-18-16(7-4-8-17(18)21)19(22)13-9-11-15(12-10-13)23-14-5-2-1-3-6-14/h1-12H. The molecule has 0 bridgehead atoms. The monoisotopic (exact) mass is 326 g/mol. The zero-order valence-corrected chi connectivity index (χ0v) is 12.8. The van der Waals surface area contributed by atoms with Crippen molar-refractivity contribution in [2.75, 3.05) is 0 Å². The van der Waals surface area contributed by atoms with Gasteiger partial charge in [-0.05, 0) is 48.5 Å². The van der Waals surface area contributed by atoms with E-state index in [0.29, 0.717) is 17.1 Å². The highest BCUT2D eigenvalue weighted by atomic mass is 35.5. The maximum absolute atomic E-state index is 13.5. The van der Waals surface area contributed by atoms with Crippen molar-refractivity contribution in [2.45, 2.75) is 0 Å². The molecular formula is C19H12ClFO2. The molecule has 0 N–H and O–H groups in total. The van der Waals surface area contributed by atoms with E-state index in [1.54, 1.807) is 24.3 Å². The van der Waals surface area contributed by atoms with Gasteiger partial charge < -0.3 is 4.74 Å². The van der Waals surface area contributed by atoms with Crippen molar-refractivity contribution in [2.24, 2.45) is 0 Å². The first kappa shape index (κ1) is 15.3. The van der Waals surface area contributed by atoms with E-state index in [1.165, 1.54) is 18.2 Å². The minimum absolute atomic E-state index is 0.142. The molecule has 0 aliphatic heterocycles. The summed E-state index contributed by atoms with van der Waals surface area (Å²) in [4.78, 5) is 12.4. The summed E-state index contributed by atoms with van der Waals surface area (Å²) in [5.41, 5.74) is 0.557. The first-order valence-corrected chi connectivity index (χ1v) is 7.34. The molecule has 3 rings (SSSR count). The molecule has 3 aromatic carbocycles. The minimum atomic E-state index is -0.610. The van der Waals surface area contributed by atoms with Gasteiger partial charge in [-0.1, -0.05) is 35.9 Å². The maximum atomic E-state index is 13.5. The van der Waals surface area contributed by atoms with E-state index >= 15 is 0 Å². The normalized spacial score (nSPS) is 10.3. The predicted molar refractivity (Wildman–Crippen MR) is 87.8 cm³/mol. The van der Waals surface area contributed by atoms with Crippen molar-refractivity contribution >= 4 is 17.4 Å². The van der Waals surface area contributed by atoms with Crippen LogP contribution in [0.15, 0.2) is 72.8 Å². The Morgan fingerprint density at radius 1 is 0.826 bits per heavy atom. The second-order valence-electron chi connectivity index (χ2n) is 4.87. The zero-order chi connectivity index (χ0) is 16.2. The van der Waals surface area contributed by atoms with Crippen molar-refractivity contribution in [3.8, 4) is 11.5 Å². The number of ketones is 1. The van der Waals surface area contributed by atoms with Crippen molar-refractivity contribution in [1.82, 2.24) is 0 Å². The second-order valence-corrected chi connectivity index (χ2v) is 5.25. The molecule has 2 nitrogen and oxygen atoms in total. The summed E-state index contributed by atoms with van der Waals surface area (Å²) in [6.07, 6.45) is 0. The van der Waals surface area contributed by atoms with Gasteiger partial charge in [0.1, 0.15) is 17.3 Å². The van der Waals surface area contributed by atoms with Gasteiger partial charge in [0.25, 0.3) is 0 Å². The number of carbonyl (C=O) groups excluding carboxylic acids is 1. The van der Waals surface area contributed by atoms with Crippen LogP contribution in [0.4, 0.5) is 4.39 Å². The molecule has 0 aliphatic rings. The highest BCUT2D eigenvalue weighted by molar-refractivity contribution is 6.35. The Balaban J connectivity index is 1.82.